The zero-order valence-electron chi connectivity index (χ0n) is 18.2. The standard InChI is InChI=1S/C22H27ClN8O/c1-15-25-20(27-32-15)29-11-22(12-29)13-30(14-22)21(26-24-2)31-8-7-28(18-4-5-18)10-16-9-17(23)3-6-19(16)31/h3,6,9,18H,2,4-5,7-8,10-14H2,1H3/b26-21-. The number of likely N-dealkylation sites (tertiary alicyclic amines) is 1. The summed E-state index contributed by atoms with van der Waals surface area (Å²) in [5.74, 6) is 2.16. The van der Waals surface area contributed by atoms with Gasteiger partial charge in [-0.25, -0.2) is 0 Å². The van der Waals surface area contributed by atoms with Gasteiger partial charge in [0, 0.05) is 81.6 Å². The van der Waals surface area contributed by atoms with E-state index in [0.29, 0.717) is 17.9 Å². The maximum atomic E-state index is 6.36. The van der Waals surface area contributed by atoms with Gasteiger partial charge in [0.15, 0.2) is 0 Å². The van der Waals surface area contributed by atoms with Crippen molar-refractivity contribution in [3.8, 4) is 0 Å². The number of guanidine groups is 1. The van der Waals surface area contributed by atoms with Crippen molar-refractivity contribution >= 4 is 35.9 Å². The Morgan fingerprint density at radius 3 is 2.72 bits per heavy atom. The Morgan fingerprint density at radius 1 is 1.22 bits per heavy atom. The fraction of sp³-hybridized carbons (Fsp3) is 0.545. The average Bonchev–Trinajstić information content (AvgIpc) is 3.49. The topological polar surface area (TPSA) is 76.6 Å². The molecule has 10 heteroatoms. The van der Waals surface area contributed by atoms with Gasteiger partial charge in [-0.1, -0.05) is 11.6 Å². The molecule has 6 rings (SSSR count). The smallest absolute Gasteiger partial charge is 0.266 e. The molecule has 32 heavy (non-hydrogen) atoms. The highest BCUT2D eigenvalue weighted by molar-refractivity contribution is 6.30. The summed E-state index contributed by atoms with van der Waals surface area (Å²) in [6.07, 6.45) is 2.58. The van der Waals surface area contributed by atoms with Gasteiger partial charge >= 0.3 is 0 Å². The SMILES string of the molecule is C=N/N=C(/N1CC2(C1)CN(c1noc(C)n1)C2)N1CCN(C2CC2)Cc2cc(Cl)ccc21. The molecule has 0 N–H and O–H groups in total. The zero-order chi connectivity index (χ0) is 21.9. The Hall–Kier alpha value is -2.65. The van der Waals surface area contributed by atoms with E-state index in [9.17, 15) is 0 Å². The van der Waals surface area contributed by atoms with E-state index < -0.39 is 0 Å². The second kappa shape index (κ2) is 7.45. The van der Waals surface area contributed by atoms with Crippen molar-refractivity contribution in [2.24, 2.45) is 15.6 Å². The van der Waals surface area contributed by atoms with E-state index in [2.05, 4.69) is 58.8 Å². The molecule has 0 amide bonds. The highest BCUT2D eigenvalue weighted by Gasteiger charge is 2.54. The summed E-state index contributed by atoms with van der Waals surface area (Å²) in [6, 6.07) is 6.87. The number of rotatable bonds is 3. The van der Waals surface area contributed by atoms with Gasteiger partial charge in [-0.05, 0) is 41.8 Å². The Balaban J connectivity index is 1.20. The Labute approximate surface area is 192 Å². The molecule has 0 unspecified atom stereocenters. The fourth-order valence-corrected chi connectivity index (χ4v) is 5.52. The number of nitrogens with zero attached hydrogens (tertiary/aromatic N) is 8. The second-order valence-electron chi connectivity index (χ2n) is 9.49. The van der Waals surface area contributed by atoms with Crippen molar-refractivity contribution in [1.29, 1.82) is 0 Å². The lowest BCUT2D eigenvalue weighted by molar-refractivity contribution is 0.0265. The van der Waals surface area contributed by atoms with Gasteiger partial charge in [-0.15, -0.1) is 5.10 Å². The van der Waals surface area contributed by atoms with Crippen LogP contribution in [0.1, 0.15) is 24.3 Å². The van der Waals surface area contributed by atoms with Gasteiger partial charge in [0.2, 0.25) is 11.9 Å². The summed E-state index contributed by atoms with van der Waals surface area (Å²) in [4.78, 5) is 13.7. The second-order valence-corrected chi connectivity index (χ2v) is 9.93. The average molecular weight is 455 g/mol. The molecule has 1 aromatic carbocycles. The molecule has 4 aliphatic rings. The number of hydrogen-bond acceptors (Lipinski definition) is 7. The fourth-order valence-electron chi connectivity index (χ4n) is 5.33. The third-order valence-corrected chi connectivity index (χ3v) is 7.20. The normalized spacial score (nSPS) is 22.9. The maximum absolute atomic E-state index is 6.36. The van der Waals surface area contributed by atoms with Crippen LogP contribution in [0.15, 0.2) is 32.9 Å². The Bertz CT molecular complexity index is 1070. The maximum Gasteiger partial charge on any atom is 0.266 e. The van der Waals surface area contributed by atoms with Crippen molar-refractivity contribution in [3.05, 3.63) is 34.7 Å². The third-order valence-electron chi connectivity index (χ3n) is 6.97. The molecule has 1 saturated carbocycles. The molecular formula is C22H27ClN8O. The molecule has 1 spiro atoms. The molecule has 0 bridgehead atoms. The number of fused-ring (bicyclic) bond motifs is 1. The van der Waals surface area contributed by atoms with Crippen LogP contribution in [0.3, 0.4) is 0 Å². The lowest BCUT2D eigenvalue weighted by Crippen LogP contribution is -2.74. The number of benzene rings is 1. The number of anilines is 2. The lowest BCUT2D eigenvalue weighted by Gasteiger charge is -2.60. The molecule has 3 aliphatic heterocycles. The van der Waals surface area contributed by atoms with E-state index in [-0.39, 0.29) is 5.41 Å². The van der Waals surface area contributed by atoms with E-state index >= 15 is 0 Å². The first-order chi connectivity index (χ1) is 15.5. The minimum Gasteiger partial charge on any atom is -0.339 e. The molecule has 1 aromatic heterocycles. The van der Waals surface area contributed by atoms with E-state index in [4.69, 9.17) is 16.1 Å². The first-order valence-corrected chi connectivity index (χ1v) is 11.6. The number of halogens is 1. The van der Waals surface area contributed by atoms with Crippen LogP contribution in [-0.2, 0) is 6.54 Å². The van der Waals surface area contributed by atoms with E-state index in [0.717, 1.165) is 56.8 Å². The van der Waals surface area contributed by atoms with Gasteiger partial charge in [0.25, 0.3) is 5.95 Å². The lowest BCUT2D eigenvalue weighted by atomic mass is 9.73. The summed E-state index contributed by atoms with van der Waals surface area (Å²) < 4.78 is 5.12. The predicted octanol–water partition coefficient (Wildman–Crippen LogP) is 2.61. The van der Waals surface area contributed by atoms with Crippen LogP contribution in [0.25, 0.3) is 0 Å². The van der Waals surface area contributed by atoms with E-state index in [1.165, 1.54) is 24.1 Å². The number of hydrogen-bond donors (Lipinski definition) is 0. The monoisotopic (exact) mass is 454 g/mol. The summed E-state index contributed by atoms with van der Waals surface area (Å²) in [7, 11) is 0. The van der Waals surface area contributed by atoms with Crippen molar-refractivity contribution in [3.63, 3.8) is 0 Å². The molecular weight excluding hydrogens is 428 g/mol. The number of aromatic nitrogens is 2. The molecule has 0 atom stereocenters. The predicted molar refractivity (Wildman–Crippen MR) is 124 cm³/mol. The summed E-state index contributed by atoms with van der Waals surface area (Å²) in [6.45, 7) is 12.0. The Morgan fingerprint density at radius 2 is 2.03 bits per heavy atom. The zero-order valence-corrected chi connectivity index (χ0v) is 19.0. The summed E-state index contributed by atoms with van der Waals surface area (Å²) in [5, 5.41) is 13.2. The highest BCUT2D eigenvalue weighted by atomic mass is 35.5. The Kier molecular flexibility index (Phi) is 4.65. The largest absolute Gasteiger partial charge is 0.339 e. The molecule has 3 fully saturated rings. The van der Waals surface area contributed by atoms with Crippen molar-refractivity contribution in [1.82, 2.24) is 19.9 Å². The minimum absolute atomic E-state index is 0.241. The summed E-state index contributed by atoms with van der Waals surface area (Å²) in [5.41, 5.74) is 2.65. The van der Waals surface area contributed by atoms with Crippen molar-refractivity contribution in [2.75, 3.05) is 49.1 Å². The van der Waals surface area contributed by atoms with Gasteiger partial charge in [-0.2, -0.15) is 10.1 Å². The molecule has 0 radical (unpaired) electrons. The molecule has 4 heterocycles. The number of aryl methyl sites for hydroxylation is 1. The van der Waals surface area contributed by atoms with Crippen LogP contribution in [0.4, 0.5) is 11.6 Å². The third kappa shape index (κ3) is 3.44. The minimum atomic E-state index is 0.241. The van der Waals surface area contributed by atoms with Crippen LogP contribution in [0.5, 0.6) is 0 Å². The molecule has 168 valence electrons. The van der Waals surface area contributed by atoms with Gasteiger partial charge in [0.1, 0.15) is 0 Å². The summed E-state index contributed by atoms with van der Waals surface area (Å²) >= 11 is 6.36. The quantitative estimate of drug-likeness (QED) is 0.401. The van der Waals surface area contributed by atoms with Crippen LogP contribution in [-0.4, -0.2) is 77.9 Å². The van der Waals surface area contributed by atoms with E-state index in [1.807, 2.05) is 13.0 Å². The van der Waals surface area contributed by atoms with Crippen molar-refractivity contribution < 1.29 is 4.52 Å². The highest BCUT2D eigenvalue weighted by Crippen LogP contribution is 2.42. The van der Waals surface area contributed by atoms with Crippen LogP contribution in [0, 0.1) is 12.3 Å². The van der Waals surface area contributed by atoms with Gasteiger partial charge < -0.3 is 19.2 Å². The van der Waals surface area contributed by atoms with E-state index in [1.54, 1.807) is 0 Å². The first-order valence-electron chi connectivity index (χ1n) is 11.2. The van der Waals surface area contributed by atoms with Gasteiger partial charge in [0.05, 0.1) is 0 Å². The molecule has 2 aromatic rings. The molecule has 9 nitrogen and oxygen atoms in total. The first kappa shape index (κ1) is 20.0. The van der Waals surface area contributed by atoms with Gasteiger partial charge in [-0.3, -0.25) is 4.90 Å². The van der Waals surface area contributed by atoms with Crippen molar-refractivity contribution in [2.45, 2.75) is 32.4 Å². The molecule has 2 saturated heterocycles. The van der Waals surface area contributed by atoms with Crippen LogP contribution >= 0.6 is 11.6 Å². The van der Waals surface area contributed by atoms with Crippen LogP contribution in [0.2, 0.25) is 5.02 Å². The van der Waals surface area contributed by atoms with Crippen LogP contribution < -0.4 is 9.80 Å². The molecule has 1 aliphatic carbocycles.